The van der Waals surface area contributed by atoms with Crippen molar-refractivity contribution in [2.24, 2.45) is 11.8 Å². The molecule has 2 fully saturated rings. The van der Waals surface area contributed by atoms with Gasteiger partial charge in [0.15, 0.2) is 0 Å². The summed E-state index contributed by atoms with van der Waals surface area (Å²) in [5.41, 5.74) is -1.63. The molecule has 5 rings (SSSR count). The number of carbonyl (C=O) groups excluding carboxylic acids is 3. The van der Waals surface area contributed by atoms with Crippen LogP contribution in [0.25, 0.3) is 0 Å². The maximum Gasteiger partial charge on any atom is 0.249 e. The molecular formula is C30H39N3O5. The van der Waals surface area contributed by atoms with Gasteiger partial charge < -0.3 is 24.5 Å². The van der Waals surface area contributed by atoms with Crippen molar-refractivity contribution in [3.8, 4) is 0 Å². The summed E-state index contributed by atoms with van der Waals surface area (Å²) in [6.07, 6.45) is 9.84. The Bertz CT molecular complexity index is 1150. The lowest BCUT2D eigenvalue weighted by Gasteiger charge is -2.41. The monoisotopic (exact) mass is 521 g/mol. The molecule has 1 spiro atoms. The second kappa shape index (κ2) is 9.97. The van der Waals surface area contributed by atoms with E-state index in [4.69, 9.17) is 4.74 Å². The standard InChI is InChI=1S/C30H39N3O5/c1-5-12-20(3)31-17-11-16-30-24(27(36)33(21(6-2)19-34)25(30)28(31)37)23-26(35)32(22-13-8-7-9-14-22)18-10-15-29(23,4)38-30/h7-11,13-16,20-21,23-25,34H,5-6,12,17-19H2,1-4H3/t20?,21-,23+,24-,25?,29-,30-/m0/s1. The average Bonchev–Trinajstić information content (AvgIpc) is 3.17. The van der Waals surface area contributed by atoms with Gasteiger partial charge in [-0.2, -0.15) is 0 Å². The normalized spacial score (nSPS) is 34.1. The van der Waals surface area contributed by atoms with Gasteiger partial charge in [0.2, 0.25) is 17.7 Å². The van der Waals surface area contributed by atoms with Gasteiger partial charge in [0, 0.05) is 24.8 Å². The van der Waals surface area contributed by atoms with Gasteiger partial charge in [-0.3, -0.25) is 14.4 Å². The summed E-state index contributed by atoms with van der Waals surface area (Å²) >= 11 is 0. The lowest BCUT2D eigenvalue weighted by molar-refractivity contribution is -0.155. The van der Waals surface area contributed by atoms with Crippen molar-refractivity contribution in [3.05, 3.63) is 54.6 Å². The molecule has 1 aromatic rings. The first-order chi connectivity index (χ1) is 18.2. The average molecular weight is 522 g/mol. The quantitative estimate of drug-likeness (QED) is 0.558. The second-order valence-electron chi connectivity index (χ2n) is 11.2. The van der Waals surface area contributed by atoms with Gasteiger partial charge in [0.1, 0.15) is 11.6 Å². The number of anilines is 1. The summed E-state index contributed by atoms with van der Waals surface area (Å²) in [5, 5.41) is 10.3. The first kappa shape index (κ1) is 26.6. The summed E-state index contributed by atoms with van der Waals surface area (Å²) in [6.45, 7) is 8.37. The third-order valence-corrected chi connectivity index (χ3v) is 8.91. The molecule has 2 saturated heterocycles. The second-order valence-corrected chi connectivity index (χ2v) is 11.2. The number of hydrogen-bond acceptors (Lipinski definition) is 5. The summed E-state index contributed by atoms with van der Waals surface area (Å²) < 4.78 is 6.87. The number of benzene rings is 1. The highest BCUT2D eigenvalue weighted by Crippen LogP contribution is 2.58. The van der Waals surface area contributed by atoms with E-state index >= 15 is 0 Å². The number of ether oxygens (including phenoxy) is 1. The first-order valence-corrected chi connectivity index (χ1v) is 13.9. The van der Waals surface area contributed by atoms with E-state index in [9.17, 15) is 19.5 Å². The number of nitrogens with zero attached hydrogens (tertiary/aromatic N) is 3. The van der Waals surface area contributed by atoms with Crippen LogP contribution in [-0.4, -0.2) is 81.7 Å². The maximum absolute atomic E-state index is 14.4. The van der Waals surface area contributed by atoms with Gasteiger partial charge in [0.05, 0.1) is 30.1 Å². The highest BCUT2D eigenvalue weighted by molar-refractivity contribution is 6.04. The van der Waals surface area contributed by atoms with Crippen LogP contribution < -0.4 is 4.90 Å². The third kappa shape index (κ3) is 3.83. The van der Waals surface area contributed by atoms with Crippen LogP contribution in [0.15, 0.2) is 54.6 Å². The number of hydrogen-bond donors (Lipinski definition) is 1. The van der Waals surface area contributed by atoms with E-state index in [1.54, 1.807) is 9.80 Å². The topological polar surface area (TPSA) is 90.4 Å². The van der Waals surface area contributed by atoms with Crippen LogP contribution in [0.5, 0.6) is 0 Å². The molecule has 7 atom stereocenters. The van der Waals surface area contributed by atoms with E-state index in [1.807, 2.05) is 80.3 Å². The predicted octanol–water partition coefficient (Wildman–Crippen LogP) is 2.92. The zero-order chi connectivity index (χ0) is 27.2. The molecule has 4 heterocycles. The Hall–Kier alpha value is -2.97. The van der Waals surface area contributed by atoms with Crippen molar-refractivity contribution < 1.29 is 24.2 Å². The molecule has 1 N–H and O–H groups in total. The highest BCUT2D eigenvalue weighted by Gasteiger charge is 2.75. The number of para-hydroxylation sites is 1. The fraction of sp³-hybridized carbons (Fsp3) is 0.567. The summed E-state index contributed by atoms with van der Waals surface area (Å²) in [4.78, 5) is 48.1. The molecule has 3 amide bonds. The van der Waals surface area contributed by atoms with Crippen LogP contribution in [0.2, 0.25) is 0 Å². The minimum Gasteiger partial charge on any atom is -0.394 e. The minimum atomic E-state index is -1.31. The van der Waals surface area contributed by atoms with E-state index in [2.05, 4.69) is 6.92 Å². The lowest BCUT2D eigenvalue weighted by Crippen LogP contribution is -2.59. The van der Waals surface area contributed by atoms with Crippen LogP contribution in [0.3, 0.4) is 0 Å². The third-order valence-electron chi connectivity index (χ3n) is 8.91. The number of amides is 3. The van der Waals surface area contributed by atoms with Crippen molar-refractivity contribution >= 4 is 23.4 Å². The molecule has 0 aromatic heterocycles. The Morgan fingerprint density at radius 2 is 1.71 bits per heavy atom. The molecule has 38 heavy (non-hydrogen) atoms. The SMILES string of the molecule is CCCC(C)N1CC=C[C@]23O[C@@]4(C)C=CCN(c5ccccc5)C(=O)[C@H]4[C@H]2C(=O)N([C@@H](CC)CO)C3C1=O. The number of fused-ring (bicyclic) bond motifs is 2. The summed E-state index contributed by atoms with van der Waals surface area (Å²) in [7, 11) is 0. The molecule has 0 radical (unpaired) electrons. The van der Waals surface area contributed by atoms with Crippen LogP contribution in [0.4, 0.5) is 5.69 Å². The number of likely N-dealkylation sites (tertiary alicyclic amines) is 1. The van der Waals surface area contributed by atoms with Crippen molar-refractivity contribution in [1.82, 2.24) is 9.80 Å². The van der Waals surface area contributed by atoms with Crippen LogP contribution in [-0.2, 0) is 19.1 Å². The van der Waals surface area contributed by atoms with E-state index in [0.29, 0.717) is 19.5 Å². The smallest absolute Gasteiger partial charge is 0.249 e. The zero-order valence-electron chi connectivity index (χ0n) is 22.7. The molecule has 4 aliphatic heterocycles. The Morgan fingerprint density at radius 1 is 1.00 bits per heavy atom. The Morgan fingerprint density at radius 3 is 2.37 bits per heavy atom. The largest absolute Gasteiger partial charge is 0.394 e. The van der Waals surface area contributed by atoms with Crippen molar-refractivity contribution in [3.63, 3.8) is 0 Å². The van der Waals surface area contributed by atoms with E-state index < -0.39 is 35.1 Å². The van der Waals surface area contributed by atoms with Gasteiger partial charge in [-0.25, -0.2) is 0 Å². The lowest BCUT2D eigenvalue weighted by atomic mass is 9.74. The van der Waals surface area contributed by atoms with Crippen molar-refractivity contribution in [2.75, 3.05) is 24.6 Å². The fourth-order valence-electron chi connectivity index (χ4n) is 7.10. The van der Waals surface area contributed by atoms with Gasteiger partial charge in [-0.15, -0.1) is 0 Å². The summed E-state index contributed by atoms with van der Waals surface area (Å²) in [5.74, 6) is -2.40. The van der Waals surface area contributed by atoms with Gasteiger partial charge in [-0.05, 0) is 38.8 Å². The van der Waals surface area contributed by atoms with Crippen LogP contribution in [0, 0.1) is 11.8 Å². The minimum absolute atomic E-state index is 0.0185. The molecular weight excluding hydrogens is 482 g/mol. The molecule has 1 aromatic carbocycles. The number of aliphatic hydroxyl groups excluding tert-OH is 1. The van der Waals surface area contributed by atoms with E-state index in [-0.39, 0.29) is 30.4 Å². The molecule has 2 unspecified atom stereocenters. The zero-order valence-corrected chi connectivity index (χ0v) is 22.7. The molecule has 0 aliphatic carbocycles. The predicted molar refractivity (Wildman–Crippen MR) is 144 cm³/mol. The van der Waals surface area contributed by atoms with Crippen LogP contribution in [0.1, 0.15) is 47.0 Å². The Labute approximate surface area is 224 Å². The van der Waals surface area contributed by atoms with E-state index in [0.717, 1.165) is 18.5 Å². The van der Waals surface area contributed by atoms with Crippen molar-refractivity contribution in [2.45, 2.75) is 76.3 Å². The van der Waals surface area contributed by atoms with Crippen LogP contribution >= 0.6 is 0 Å². The molecule has 8 heteroatoms. The molecule has 0 saturated carbocycles. The molecule has 8 nitrogen and oxygen atoms in total. The van der Waals surface area contributed by atoms with Gasteiger partial charge in [0.25, 0.3) is 0 Å². The number of carbonyl (C=O) groups is 3. The number of rotatable bonds is 7. The van der Waals surface area contributed by atoms with Gasteiger partial charge in [-0.1, -0.05) is 62.8 Å². The first-order valence-electron chi connectivity index (χ1n) is 13.9. The van der Waals surface area contributed by atoms with Crippen molar-refractivity contribution in [1.29, 1.82) is 0 Å². The summed E-state index contributed by atoms with van der Waals surface area (Å²) in [6, 6.07) is 7.90. The van der Waals surface area contributed by atoms with Gasteiger partial charge >= 0.3 is 0 Å². The Balaban J connectivity index is 1.65. The molecule has 4 aliphatic rings. The number of aliphatic hydroxyl groups is 1. The molecule has 0 bridgehead atoms. The molecule has 204 valence electrons. The maximum atomic E-state index is 14.4. The highest BCUT2D eigenvalue weighted by atomic mass is 16.5. The van der Waals surface area contributed by atoms with E-state index in [1.165, 1.54) is 0 Å². The Kier molecular flexibility index (Phi) is 6.99. The fourth-order valence-corrected chi connectivity index (χ4v) is 7.10.